The highest BCUT2D eigenvalue weighted by Crippen LogP contribution is 2.30. The molecule has 0 unspecified atom stereocenters. The van der Waals surface area contributed by atoms with Crippen LogP contribution in [-0.4, -0.2) is 31.5 Å². The highest BCUT2D eigenvalue weighted by Gasteiger charge is 2.15. The Hall–Kier alpha value is -1.72. The molecule has 0 aromatic carbocycles. The van der Waals surface area contributed by atoms with Crippen molar-refractivity contribution in [2.75, 3.05) is 21.3 Å². The third-order valence-electron chi connectivity index (χ3n) is 1.47. The molecule has 1 N–H and O–H groups in total. The summed E-state index contributed by atoms with van der Waals surface area (Å²) in [5.41, 5.74) is -0.458. The van der Waals surface area contributed by atoms with E-state index in [1.165, 1.54) is 21.3 Å². The molecule has 6 nitrogen and oxygen atoms in total. The lowest BCUT2D eigenvalue weighted by atomic mass is 10.4. The van der Waals surface area contributed by atoms with Crippen LogP contribution in [0.25, 0.3) is 0 Å². The Morgan fingerprint density at radius 3 is 2.15 bits per heavy atom. The van der Waals surface area contributed by atoms with Gasteiger partial charge in [-0.15, -0.1) is 5.10 Å². The van der Waals surface area contributed by atoms with Gasteiger partial charge in [-0.25, -0.2) is 5.10 Å². The molecule has 0 bridgehead atoms. The Labute approximate surface area is 74.4 Å². The summed E-state index contributed by atoms with van der Waals surface area (Å²) < 4.78 is 14.6. The van der Waals surface area contributed by atoms with Gasteiger partial charge in [0.15, 0.2) is 0 Å². The van der Waals surface area contributed by atoms with Crippen LogP contribution in [0.15, 0.2) is 4.79 Å². The Kier molecular flexibility index (Phi) is 2.73. The number of aromatic nitrogens is 2. The number of hydrogen-bond donors (Lipinski definition) is 1. The molecule has 0 radical (unpaired) electrons. The molecule has 0 saturated heterocycles. The fourth-order valence-electron chi connectivity index (χ4n) is 0.907. The van der Waals surface area contributed by atoms with Crippen molar-refractivity contribution >= 4 is 0 Å². The normalized spacial score (nSPS) is 9.46. The van der Waals surface area contributed by atoms with Gasteiger partial charge in [-0.2, -0.15) is 0 Å². The van der Waals surface area contributed by atoms with Crippen molar-refractivity contribution in [1.29, 1.82) is 0 Å². The summed E-state index contributed by atoms with van der Waals surface area (Å²) >= 11 is 0. The molecule has 1 heterocycles. The predicted octanol–water partition coefficient (Wildman–Crippen LogP) is -0.204. The molecule has 1 aromatic rings. The maximum absolute atomic E-state index is 11.1. The zero-order chi connectivity index (χ0) is 9.84. The van der Waals surface area contributed by atoms with E-state index in [0.29, 0.717) is 0 Å². The van der Waals surface area contributed by atoms with Crippen molar-refractivity contribution < 1.29 is 14.2 Å². The maximum Gasteiger partial charge on any atom is 0.310 e. The molecule has 0 fully saturated rings. The van der Waals surface area contributed by atoms with Gasteiger partial charge in [0.05, 0.1) is 21.3 Å². The molecule has 6 heteroatoms. The van der Waals surface area contributed by atoms with Crippen LogP contribution in [0.4, 0.5) is 0 Å². The first-order valence-corrected chi connectivity index (χ1v) is 3.49. The molecule has 72 valence electrons. The van der Waals surface area contributed by atoms with Crippen molar-refractivity contribution in [1.82, 2.24) is 10.2 Å². The molecule has 0 aliphatic heterocycles. The largest absolute Gasteiger partial charge is 0.488 e. The fourth-order valence-corrected chi connectivity index (χ4v) is 0.907. The second kappa shape index (κ2) is 3.79. The van der Waals surface area contributed by atoms with E-state index in [-0.39, 0.29) is 17.4 Å². The Morgan fingerprint density at radius 1 is 1.08 bits per heavy atom. The smallest absolute Gasteiger partial charge is 0.310 e. The summed E-state index contributed by atoms with van der Waals surface area (Å²) in [6.07, 6.45) is 0. The summed E-state index contributed by atoms with van der Waals surface area (Å²) in [5, 5.41) is 5.82. The van der Waals surface area contributed by atoms with Gasteiger partial charge in [0, 0.05) is 0 Å². The summed E-state index contributed by atoms with van der Waals surface area (Å²) in [6.45, 7) is 0. The molecule has 0 aliphatic rings. The van der Waals surface area contributed by atoms with E-state index < -0.39 is 5.56 Å². The van der Waals surface area contributed by atoms with Gasteiger partial charge in [0.2, 0.25) is 11.5 Å². The van der Waals surface area contributed by atoms with Crippen LogP contribution in [0.3, 0.4) is 0 Å². The number of H-pyrrole nitrogens is 1. The summed E-state index contributed by atoms with van der Waals surface area (Å²) in [6, 6.07) is 0. The molecule has 0 amide bonds. The lowest BCUT2D eigenvalue weighted by molar-refractivity contribution is 0.308. The molecule has 0 spiro atoms. The zero-order valence-corrected chi connectivity index (χ0v) is 7.58. The third kappa shape index (κ3) is 1.56. The van der Waals surface area contributed by atoms with Crippen LogP contribution < -0.4 is 19.8 Å². The lowest BCUT2D eigenvalue weighted by Crippen LogP contribution is -2.13. The number of rotatable bonds is 3. The maximum atomic E-state index is 11.1. The molecule has 1 rings (SSSR count). The molecule has 0 saturated carbocycles. The van der Waals surface area contributed by atoms with E-state index >= 15 is 0 Å². The molecular weight excluding hydrogens is 176 g/mol. The van der Waals surface area contributed by atoms with Crippen LogP contribution in [-0.2, 0) is 0 Å². The van der Waals surface area contributed by atoms with Crippen LogP contribution in [0.2, 0.25) is 0 Å². The van der Waals surface area contributed by atoms with Crippen molar-refractivity contribution in [3.63, 3.8) is 0 Å². The minimum absolute atomic E-state index is 0.0503. The number of nitrogens with one attached hydrogen (secondary N) is 1. The highest BCUT2D eigenvalue weighted by molar-refractivity contribution is 5.44. The average Bonchev–Trinajstić information content (AvgIpc) is 2.17. The molecule has 0 aliphatic carbocycles. The zero-order valence-electron chi connectivity index (χ0n) is 7.58. The SMILES string of the molecule is COc1n[nH]c(=O)c(OC)c1OC. The van der Waals surface area contributed by atoms with Crippen molar-refractivity contribution in [2.24, 2.45) is 0 Å². The third-order valence-corrected chi connectivity index (χ3v) is 1.47. The molecule has 1 aromatic heterocycles. The first-order chi connectivity index (χ1) is 6.24. The van der Waals surface area contributed by atoms with E-state index in [0.717, 1.165) is 0 Å². The number of aromatic amines is 1. The quantitative estimate of drug-likeness (QED) is 0.707. The molecular formula is C7H10N2O4. The van der Waals surface area contributed by atoms with E-state index in [1.807, 2.05) is 0 Å². The van der Waals surface area contributed by atoms with Crippen LogP contribution >= 0.6 is 0 Å². The van der Waals surface area contributed by atoms with E-state index in [9.17, 15) is 4.79 Å². The van der Waals surface area contributed by atoms with Crippen LogP contribution in [0.1, 0.15) is 0 Å². The second-order valence-corrected chi connectivity index (χ2v) is 2.13. The van der Waals surface area contributed by atoms with Crippen molar-refractivity contribution in [3.05, 3.63) is 10.4 Å². The Balaban J connectivity index is 3.36. The van der Waals surface area contributed by atoms with E-state index in [1.54, 1.807) is 0 Å². The summed E-state index contributed by atoms with van der Waals surface area (Å²) in [4.78, 5) is 11.1. The van der Waals surface area contributed by atoms with Gasteiger partial charge in [-0.05, 0) is 0 Å². The fraction of sp³-hybridized carbons (Fsp3) is 0.429. The van der Waals surface area contributed by atoms with E-state index in [2.05, 4.69) is 10.2 Å². The average molecular weight is 186 g/mol. The van der Waals surface area contributed by atoms with Crippen LogP contribution in [0, 0.1) is 0 Å². The Morgan fingerprint density at radius 2 is 1.69 bits per heavy atom. The van der Waals surface area contributed by atoms with Gasteiger partial charge >= 0.3 is 5.56 Å². The minimum Gasteiger partial charge on any atom is -0.488 e. The van der Waals surface area contributed by atoms with Gasteiger partial charge < -0.3 is 14.2 Å². The summed E-state index contributed by atoms with van der Waals surface area (Å²) in [7, 11) is 4.19. The van der Waals surface area contributed by atoms with Crippen molar-refractivity contribution in [2.45, 2.75) is 0 Å². The monoisotopic (exact) mass is 186 g/mol. The number of hydrogen-bond acceptors (Lipinski definition) is 5. The lowest BCUT2D eigenvalue weighted by Gasteiger charge is -2.08. The summed E-state index contributed by atoms with van der Waals surface area (Å²) in [5.74, 6) is 0.419. The molecule has 0 atom stereocenters. The van der Waals surface area contributed by atoms with Gasteiger partial charge in [-0.3, -0.25) is 4.79 Å². The number of nitrogens with zero attached hydrogens (tertiary/aromatic N) is 1. The topological polar surface area (TPSA) is 73.4 Å². The van der Waals surface area contributed by atoms with Gasteiger partial charge in [0.1, 0.15) is 0 Å². The van der Waals surface area contributed by atoms with Crippen LogP contribution in [0.5, 0.6) is 17.4 Å². The highest BCUT2D eigenvalue weighted by atomic mass is 16.5. The Bertz CT molecular complexity index is 347. The first-order valence-electron chi connectivity index (χ1n) is 3.49. The number of methoxy groups -OCH3 is 3. The second-order valence-electron chi connectivity index (χ2n) is 2.13. The van der Waals surface area contributed by atoms with Gasteiger partial charge in [-0.1, -0.05) is 0 Å². The predicted molar refractivity (Wildman–Crippen MR) is 44.5 cm³/mol. The molecule has 13 heavy (non-hydrogen) atoms. The van der Waals surface area contributed by atoms with Crippen molar-refractivity contribution in [3.8, 4) is 17.4 Å². The first kappa shape index (κ1) is 9.37. The standard InChI is InChI=1S/C7H10N2O4/c1-11-4-5(12-2)7(13-3)9-8-6(4)10/h1-3H3,(H,8,10). The van der Waals surface area contributed by atoms with E-state index in [4.69, 9.17) is 14.2 Å². The number of ether oxygens (including phenoxy) is 3. The minimum atomic E-state index is -0.458. The van der Waals surface area contributed by atoms with Gasteiger partial charge in [0.25, 0.3) is 5.88 Å².